The SMILES string of the molecule is [B]C1([B])c2ncccc2C(=O)N1Cc1ccc(-c2ccc3nn(C)cc3c2)cc1C. The van der Waals surface area contributed by atoms with Gasteiger partial charge in [0.05, 0.1) is 32.5 Å². The molecule has 5 rings (SSSR count). The number of carbonyl (C=O) groups excluding carboxylic acids is 1. The number of hydrogen-bond donors (Lipinski definition) is 0. The number of nitrogens with zero attached hydrogens (tertiary/aromatic N) is 4. The van der Waals surface area contributed by atoms with Crippen molar-refractivity contribution in [1.29, 1.82) is 0 Å². The monoisotopic (exact) mass is 388 g/mol. The quantitative estimate of drug-likeness (QED) is 0.507. The van der Waals surface area contributed by atoms with Crippen molar-refractivity contribution in [2.75, 3.05) is 0 Å². The molecule has 0 aliphatic carbocycles. The number of aryl methyl sites for hydroxylation is 2. The van der Waals surface area contributed by atoms with E-state index in [1.54, 1.807) is 18.3 Å². The molecule has 0 fully saturated rings. The second-order valence-corrected chi connectivity index (χ2v) is 7.83. The molecule has 0 unspecified atom stereocenters. The molecule has 1 aliphatic heterocycles. The van der Waals surface area contributed by atoms with Crippen molar-refractivity contribution in [1.82, 2.24) is 19.7 Å². The Labute approximate surface area is 177 Å². The average molecular weight is 388 g/mol. The zero-order chi connectivity index (χ0) is 21.0. The molecular formula is C23H18B2N4O. The Morgan fingerprint density at radius 2 is 1.83 bits per heavy atom. The molecule has 4 radical (unpaired) electrons. The smallest absolute Gasteiger partial charge is 0.255 e. The second-order valence-electron chi connectivity index (χ2n) is 7.83. The first-order valence-electron chi connectivity index (χ1n) is 9.73. The van der Waals surface area contributed by atoms with E-state index in [1.165, 1.54) is 4.90 Å². The third kappa shape index (κ3) is 2.84. The summed E-state index contributed by atoms with van der Waals surface area (Å²) in [7, 11) is 14.5. The Hall–Kier alpha value is -3.34. The van der Waals surface area contributed by atoms with Crippen LogP contribution in [0.25, 0.3) is 22.0 Å². The lowest BCUT2D eigenvalue weighted by Crippen LogP contribution is -2.44. The maximum Gasteiger partial charge on any atom is 0.255 e. The zero-order valence-corrected chi connectivity index (χ0v) is 16.8. The van der Waals surface area contributed by atoms with E-state index >= 15 is 0 Å². The summed E-state index contributed by atoms with van der Waals surface area (Å²) >= 11 is 0. The topological polar surface area (TPSA) is 51.0 Å². The molecule has 0 saturated heterocycles. The van der Waals surface area contributed by atoms with Gasteiger partial charge in [0.25, 0.3) is 5.91 Å². The number of benzene rings is 2. The van der Waals surface area contributed by atoms with Crippen LogP contribution in [0.4, 0.5) is 0 Å². The first kappa shape index (κ1) is 18.7. The molecule has 2 aromatic carbocycles. The largest absolute Gasteiger partial charge is 0.340 e. The lowest BCUT2D eigenvalue weighted by Gasteiger charge is -2.33. The second kappa shape index (κ2) is 6.59. The van der Waals surface area contributed by atoms with Crippen LogP contribution in [0.15, 0.2) is 60.9 Å². The summed E-state index contributed by atoms with van der Waals surface area (Å²) in [5, 5.41) is 4.10. The minimum atomic E-state index is -1.43. The average Bonchev–Trinajstić information content (AvgIpc) is 3.19. The van der Waals surface area contributed by atoms with E-state index in [-0.39, 0.29) is 5.91 Å². The van der Waals surface area contributed by atoms with Crippen LogP contribution in [0, 0.1) is 6.92 Å². The van der Waals surface area contributed by atoms with Crippen LogP contribution in [-0.2, 0) is 18.9 Å². The lowest BCUT2D eigenvalue weighted by molar-refractivity contribution is 0.0731. The molecule has 3 heterocycles. The highest BCUT2D eigenvalue weighted by Crippen LogP contribution is 2.35. The molecule has 30 heavy (non-hydrogen) atoms. The number of amides is 1. The predicted molar refractivity (Wildman–Crippen MR) is 118 cm³/mol. The molecule has 0 N–H and O–H groups in total. The van der Waals surface area contributed by atoms with E-state index in [0.29, 0.717) is 17.8 Å². The van der Waals surface area contributed by atoms with Crippen LogP contribution in [-0.4, -0.2) is 41.3 Å². The summed E-state index contributed by atoms with van der Waals surface area (Å²) in [5.41, 5.74) is 6.11. The van der Waals surface area contributed by atoms with Gasteiger partial charge in [0.2, 0.25) is 0 Å². The maximum absolute atomic E-state index is 12.9. The number of carbonyl (C=O) groups is 1. The number of hydrogen-bond acceptors (Lipinski definition) is 3. The van der Waals surface area contributed by atoms with Crippen molar-refractivity contribution in [3.05, 3.63) is 83.3 Å². The Morgan fingerprint density at radius 1 is 1.07 bits per heavy atom. The number of rotatable bonds is 3. The summed E-state index contributed by atoms with van der Waals surface area (Å²) in [6, 6.07) is 15.9. The van der Waals surface area contributed by atoms with E-state index in [2.05, 4.69) is 34.3 Å². The zero-order valence-electron chi connectivity index (χ0n) is 16.8. The van der Waals surface area contributed by atoms with Gasteiger partial charge in [-0.2, -0.15) is 5.10 Å². The Balaban J connectivity index is 1.46. The van der Waals surface area contributed by atoms with E-state index < -0.39 is 5.34 Å². The summed E-state index contributed by atoms with van der Waals surface area (Å²) < 4.78 is 1.81. The van der Waals surface area contributed by atoms with Gasteiger partial charge in [0, 0.05) is 36.7 Å². The third-order valence-electron chi connectivity index (χ3n) is 5.73. The van der Waals surface area contributed by atoms with Gasteiger partial charge < -0.3 is 4.90 Å². The van der Waals surface area contributed by atoms with Crippen LogP contribution in [0.1, 0.15) is 27.2 Å². The highest BCUT2D eigenvalue weighted by Gasteiger charge is 2.42. The predicted octanol–water partition coefficient (Wildman–Crippen LogP) is 3.05. The van der Waals surface area contributed by atoms with Crippen molar-refractivity contribution in [2.24, 2.45) is 7.05 Å². The van der Waals surface area contributed by atoms with E-state index in [4.69, 9.17) is 15.7 Å². The summed E-state index contributed by atoms with van der Waals surface area (Å²) in [6.07, 6.45) is 3.61. The Morgan fingerprint density at radius 3 is 2.60 bits per heavy atom. The highest BCUT2D eigenvalue weighted by atomic mass is 16.2. The number of pyridine rings is 1. The minimum absolute atomic E-state index is 0.200. The van der Waals surface area contributed by atoms with Gasteiger partial charge >= 0.3 is 0 Å². The molecule has 2 aromatic heterocycles. The fourth-order valence-corrected chi connectivity index (χ4v) is 4.09. The Kier molecular flexibility index (Phi) is 4.10. The first-order chi connectivity index (χ1) is 14.3. The van der Waals surface area contributed by atoms with Gasteiger partial charge in [-0.25, -0.2) is 0 Å². The molecule has 1 aliphatic rings. The van der Waals surface area contributed by atoms with Gasteiger partial charge in [-0.15, -0.1) is 0 Å². The van der Waals surface area contributed by atoms with Crippen molar-refractivity contribution >= 4 is 32.5 Å². The van der Waals surface area contributed by atoms with Gasteiger partial charge in [0.1, 0.15) is 0 Å². The van der Waals surface area contributed by atoms with Crippen molar-refractivity contribution in [3.63, 3.8) is 0 Å². The van der Waals surface area contributed by atoms with Crippen LogP contribution in [0.5, 0.6) is 0 Å². The molecule has 7 heteroatoms. The van der Waals surface area contributed by atoms with Gasteiger partial charge in [-0.3, -0.25) is 14.5 Å². The lowest BCUT2D eigenvalue weighted by atomic mass is 9.59. The molecule has 0 atom stereocenters. The standard InChI is InChI=1S/C23H18B2N4O/c1-14-10-15(16-7-8-20-18(11-16)12-28(2)27-20)5-6-17(14)13-29-22(30)19-4-3-9-26-21(19)23(29,24)25/h3-12H,13H2,1-2H3. The van der Waals surface area contributed by atoms with E-state index in [9.17, 15) is 4.79 Å². The normalized spacial score (nSPS) is 15.0. The molecule has 4 aromatic rings. The van der Waals surface area contributed by atoms with E-state index in [1.807, 2.05) is 37.0 Å². The fraction of sp³-hybridized carbons (Fsp3) is 0.174. The van der Waals surface area contributed by atoms with Gasteiger partial charge in [-0.05, 0) is 53.4 Å². The third-order valence-corrected chi connectivity index (χ3v) is 5.73. The molecular weight excluding hydrogens is 370 g/mol. The molecule has 5 nitrogen and oxygen atoms in total. The first-order valence-corrected chi connectivity index (χ1v) is 9.73. The summed E-state index contributed by atoms with van der Waals surface area (Å²) in [4.78, 5) is 18.6. The summed E-state index contributed by atoms with van der Waals surface area (Å²) in [6.45, 7) is 2.35. The van der Waals surface area contributed by atoms with Crippen LogP contribution < -0.4 is 0 Å². The van der Waals surface area contributed by atoms with E-state index in [0.717, 1.165) is 33.2 Å². The van der Waals surface area contributed by atoms with Crippen molar-refractivity contribution in [3.8, 4) is 11.1 Å². The van der Waals surface area contributed by atoms with Crippen LogP contribution >= 0.6 is 0 Å². The number of fused-ring (bicyclic) bond motifs is 2. The minimum Gasteiger partial charge on any atom is -0.340 e. The Bertz CT molecular complexity index is 1310. The highest BCUT2D eigenvalue weighted by molar-refractivity contribution is 6.42. The van der Waals surface area contributed by atoms with Crippen LogP contribution in [0.3, 0.4) is 0 Å². The molecule has 0 spiro atoms. The van der Waals surface area contributed by atoms with Crippen LogP contribution in [0.2, 0.25) is 0 Å². The summed E-state index contributed by atoms with van der Waals surface area (Å²) in [5.74, 6) is -0.200. The maximum atomic E-state index is 12.9. The molecule has 1 amide bonds. The molecule has 0 saturated carbocycles. The fourth-order valence-electron chi connectivity index (χ4n) is 4.09. The van der Waals surface area contributed by atoms with Gasteiger partial charge in [0.15, 0.2) is 0 Å². The van der Waals surface area contributed by atoms with Crippen molar-refractivity contribution in [2.45, 2.75) is 18.8 Å². The van der Waals surface area contributed by atoms with Gasteiger partial charge in [-0.1, -0.05) is 24.3 Å². The van der Waals surface area contributed by atoms with Crippen molar-refractivity contribution < 1.29 is 4.79 Å². The molecule has 142 valence electrons. The molecule has 0 bridgehead atoms. The number of aromatic nitrogens is 3.